The number of carbonyl (C=O) groups excluding carboxylic acids is 4. The zero-order chi connectivity index (χ0) is 26.1. The summed E-state index contributed by atoms with van der Waals surface area (Å²) in [6.45, 7) is 7.50. The number of hydrogen-bond acceptors (Lipinski definition) is 6. The van der Waals surface area contributed by atoms with E-state index in [-0.39, 0.29) is 25.4 Å². The van der Waals surface area contributed by atoms with Gasteiger partial charge in [-0.2, -0.15) is 5.26 Å². The lowest BCUT2D eigenvalue weighted by Crippen LogP contribution is -2.46. The van der Waals surface area contributed by atoms with Crippen LogP contribution in [0.25, 0.3) is 17.0 Å². The number of ether oxygens (including phenoxy) is 1. The molecular weight excluding hydrogens is 460 g/mol. The van der Waals surface area contributed by atoms with Gasteiger partial charge in [-0.25, -0.2) is 4.85 Å². The molecule has 1 saturated heterocycles. The van der Waals surface area contributed by atoms with Gasteiger partial charge in [0, 0.05) is 31.2 Å². The van der Waals surface area contributed by atoms with Crippen LogP contribution in [0.3, 0.4) is 0 Å². The van der Waals surface area contributed by atoms with E-state index < -0.39 is 24.4 Å². The van der Waals surface area contributed by atoms with Crippen LogP contribution in [0.1, 0.15) is 23.6 Å². The number of nitriles is 1. The molecule has 0 unspecified atom stereocenters. The second kappa shape index (κ2) is 11.9. The number of ketones is 1. The quantitative estimate of drug-likeness (QED) is 0.384. The van der Waals surface area contributed by atoms with Crippen LogP contribution in [0.2, 0.25) is 0 Å². The van der Waals surface area contributed by atoms with Crippen molar-refractivity contribution in [1.82, 2.24) is 10.2 Å². The lowest BCUT2D eigenvalue weighted by molar-refractivity contribution is -0.146. The molecule has 1 aliphatic heterocycles. The molecule has 0 radical (unpaired) electrons. The molecule has 0 aromatic heterocycles. The van der Waals surface area contributed by atoms with Crippen LogP contribution in [-0.4, -0.2) is 54.7 Å². The Bertz CT molecular complexity index is 1250. The predicted molar refractivity (Wildman–Crippen MR) is 131 cm³/mol. The maximum atomic E-state index is 13.3. The van der Waals surface area contributed by atoms with E-state index in [0.29, 0.717) is 33.5 Å². The molecule has 0 saturated carbocycles. The standard InChI is InChI=1S/C27H22N4O5/c1-18(32)36-17-25(33)30-14-26(34)31-15-22(11-19-3-5-21(13-28)6-4-19)27(35)23(16-31)12-20-7-9-24(29-2)10-8-20/h3-12H,14-17H2,1H3,(H,30,33)/b22-11+,23-12+. The number of nitrogens with one attached hydrogen (secondary N) is 1. The molecule has 2 amide bonds. The van der Waals surface area contributed by atoms with Gasteiger partial charge in [-0.1, -0.05) is 36.4 Å². The van der Waals surface area contributed by atoms with Crippen molar-refractivity contribution >= 4 is 41.4 Å². The number of nitrogens with zero attached hydrogens (tertiary/aromatic N) is 3. The Morgan fingerprint density at radius 3 is 2.11 bits per heavy atom. The van der Waals surface area contributed by atoms with Crippen LogP contribution < -0.4 is 5.32 Å². The minimum Gasteiger partial charge on any atom is -0.456 e. The van der Waals surface area contributed by atoms with Gasteiger partial charge in [0.1, 0.15) is 0 Å². The molecule has 0 aliphatic carbocycles. The van der Waals surface area contributed by atoms with Crippen LogP contribution in [0.15, 0.2) is 59.7 Å². The van der Waals surface area contributed by atoms with Crippen LogP contribution >= 0.6 is 0 Å². The van der Waals surface area contributed by atoms with E-state index in [1.807, 2.05) is 6.07 Å². The summed E-state index contributed by atoms with van der Waals surface area (Å²) in [7, 11) is 0. The second-order valence-corrected chi connectivity index (χ2v) is 7.91. The van der Waals surface area contributed by atoms with E-state index >= 15 is 0 Å². The lowest BCUT2D eigenvalue weighted by Gasteiger charge is -2.30. The third kappa shape index (κ3) is 6.99. The fourth-order valence-electron chi connectivity index (χ4n) is 3.42. The van der Waals surface area contributed by atoms with E-state index in [1.54, 1.807) is 60.7 Å². The molecule has 1 heterocycles. The van der Waals surface area contributed by atoms with E-state index in [9.17, 15) is 19.2 Å². The maximum Gasteiger partial charge on any atom is 0.303 e. The summed E-state index contributed by atoms with van der Waals surface area (Å²) in [5, 5.41) is 11.4. The van der Waals surface area contributed by atoms with Crippen molar-refractivity contribution in [3.05, 3.63) is 87.8 Å². The summed E-state index contributed by atoms with van der Waals surface area (Å²) < 4.78 is 4.62. The highest BCUT2D eigenvalue weighted by Gasteiger charge is 2.29. The van der Waals surface area contributed by atoms with Crippen LogP contribution in [0.4, 0.5) is 5.69 Å². The average molecular weight is 482 g/mol. The minimum atomic E-state index is -0.615. The molecule has 9 nitrogen and oxygen atoms in total. The zero-order valence-corrected chi connectivity index (χ0v) is 19.5. The number of esters is 1. The third-order valence-electron chi connectivity index (χ3n) is 5.25. The SMILES string of the molecule is [C-]#[N+]c1ccc(/C=C2\CN(C(=O)CNC(=O)COC(C)=O)C/C(=C\c3ccc(C#N)cc3)C2=O)cc1. The summed E-state index contributed by atoms with van der Waals surface area (Å²) in [6, 6.07) is 15.4. The summed E-state index contributed by atoms with van der Waals surface area (Å²) in [5.74, 6) is -1.87. The summed E-state index contributed by atoms with van der Waals surface area (Å²) >= 11 is 0. The molecule has 0 spiro atoms. The number of rotatable bonds is 6. The molecule has 3 rings (SSSR count). The Kier molecular flexibility index (Phi) is 8.47. The first-order chi connectivity index (χ1) is 17.3. The fourth-order valence-corrected chi connectivity index (χ4v) is 3.42. The first kappa shape index (κ1) is 25.6. The highest BCUT2D eigenvalue weighted by Crippen LogP contribution is 2.23. The van der Waals surface area contributed by atoms with Crippen LogP contribution in [-0.2, 0) is 23.9 Å². The normalized spacial score (nSPS) is 15.2. The molecule has 9 heteroatoms. The topological polar surface area (TPSA) is 121 Å². The Balaban J connectivity index is 1.85. The number of Topliss-reactive ketones (excluding diaryl/α,β-unsaturated/α-hetero) is 1. The monoisotopic (exact) mass is 482 g/mol. The van der Waals surface area contributed by atoms with Gasteiger partial charge in [-0.15, -0.1) is 0 Å². The number of piperidine rings is 1. The van der Waals surface area contributed by atoms with Crippen molar-refractivity contribution in [1.29, 1.82) is 5.26 Å². The third-order valence-corrected chi connectivity index (χ3v) is 5.25. The molecule has 0 atom stereocenters. The van der Waals surface area contributed by atoms with Crippen molar-refractivity contribution in [2.75, 3.05) is 26.2 Å². The van der Waals surface area contributed by atoms with Crippen molar-refractivity contribution in [3.63, 3.8) is 0 Å². The molecule has 36 heavy (non-hydrogen) atoms. The van der Waals surface area contributed by atoms with E-state index in [1.165, 1.54) is 11.8 Å². The van der Waals surface area contributed by atoms with E-state index in [4.69, 9.17) is 11.8 Å². The molecular formula is C27H22N4O5. The Morgan fingerprint density at radius 1 is 1.06 bits per heavy atom. The number of likely N-dealkylation sites (tertiary alicyclic amines) is 1. The summed E-state index contributed by atoms with van der Waals surface area (Å²) in [6.07, 6.45) is 3.33. The van der Waals surface area contributed by atoms with Gasteiger partial charge < -0.3 is 15.0 Å². The smallest absolute Gasteiger partial charge is 0.303 e. The van der Waals surface area contributed by atoms with Crippen molar-refractivity contribution in [2.24, 2.45) is 0 Å². The van der Waals surface area contributed by atoms with Gasteiger partial charge in [0.05, 0.1) is 24.7 Å². The van der Waals surface area contributed by atoms with Crippen molar-refractivity contribution < 1.29 is 23.9 Å². The molecule has 180 valence electrons. The highest BCUT2D eigenvalue weighted by atomic mass is 16.5. The Hall–Kier alpha value is -5.02. The average Bonchev–Trinajstić information content (AvgIpc) is 2.89. The number of carbonyl (C=O) groups is 4. The fraction of sp³-hybridized carbons (Fsp3) is 0.185. The molecule has 2 aromatic rings. The Morgan fingerprint density at radius 2 is 1.61 bits per heavy atom. The first-order valence-corrected chi connectivity index (χ1v) is 10.9. The van der Waals surface area contributed by atoms with Crippen molar-refractivity contribution in [3.8, 4) is 6.07 Å². The largest absolute Gasteiger partial charge is 0.456 e. The van der Waals surface area contributed by atoms with Crippen LogP contribution in [0.5, 0.6) is 0 Å². The molecule has 1 fully saturated rings. The van der Waals surface area contributed by atoms with Gasteiger partial charge in [0.2, 0.25) is 5.91 Å². The second-order valence-electron chi connectivity index (χ2n) is 7.91. The Labute approximate surface area is 208 Å². The van der Waals surface area contributed by atoms with Gasteiger partial charge >= 0.3 is 5.97 Å². The molecule has 2 aromatic carbocycles. The number of amides is 2. The first-order valence-electron chi connectivity index (χ1n) is 10.9. The predicted octanol–water partition coefficient (Wildman–Crippen LogP) is 2.67. The van der Waals surface area contributed by atoms with Gasteiger partial charge in [-0.3, -0.25) is 19.2 Å². The zero-order valence-electron chi connectivity index (χ0n) is 19.5. The minimum absolute atomic E-state index is 0.0332. The molecule has 1 aliphatic rings. The summed E-state index contributed by atoms with van der Waals surface area (Å²) in [4.78, 5) is 53.6. The van der Waals surface area contributed by atoms with E-state index in [2.05, 4.69) is 14.9 Å². The van der Waals surface area contributed by atoms with Gasteiger partial charge in [0.25, 0.3) is 5.91 Å². The highest BCUT2D eigenvalue weighted by molar-refractivity contribution is 6.15. The van der Waals surface area contributed by atoms with Crippen LogP contribution in [0, 0.1) is 17.9 Å². The van der Waals surface area contributed by atoms with Gasteiger partial charge in [0.15, 0.2) is 18.1 Å². The maximum absolute atomic E-state index is 13.3. The molecule has 1 N–H and O–H groups in total. The van der Waals surface area contributed by atoms with Crippen molar-refractivity contribution in [2.45, 2.75) is 6.92 Å². The summed E-state index contributed by atoms with van der Waals surface area (Å²) in [5.41, 5.74) is 3.09. The van der Waals surface area contributed by atoms with E-state index in [0.717, 1.165) is 0 Å². The molecule has 0 bridgehead atoms. The van der Waals surface area contributed by atoms with Gasteiger partial charge in [-0.05, 0) is 35.4 Å². The number of benzene rings is 2. The number of hydrogen-bond donors (Lipinski definition) is 1. The lowest BCUT2D eigenvalue weighted by atomic mass is 9.94.